The maximum absolute atomic E-state index is 12.2. The zero-order valence-corrected chi connectivity index (χ0v) is 16.3. The first-order chi connectivity index (χ1) is 12.4. The third kappa shape index (κ3) is 4.52. The molecule has 1 aliphatic carbocycles. The van der Waals surface area contributed by atoms with Crippen molar-refractivity contribution in [2.24, 2.45) is 5.92 Å². The van der Waals surface area contributed by atoms with Gasteiger partial charge in [0.2, 0.25) is 0 Å². The molecule has 0 saturated carbocycles. The Morgan fingerprint density at radius 3 is 2.69 bits per heavy atom. The second-order valence-corrected chi connectivity index (χ2v) is 8.44. The molecule has 26 heavy (non-hydrogen) atoms. The van der Waals surface area contributed by atoms with Crippen LogP contribution in [0.2, 0.25) is 0 Å². The van der Waals surface area contributed by atoms with Crippen molar-refractivity contribution in [1.82, 2.24) is 0 Å². The molecule has 1 aromatic heterocycles. The van der Waals surface area contributed by atoms with E-state index in [4.69, 9.17) is 4.74 Å². The van der Waals surface area contributed by atoms with Gasteiger partial charge >= 0.3 is 5.97 Å². The van der Waals surface area contributed by atoms with Gasteiger partial charge in [0.25, 0.3) is 5.91 Å². The Kier molecular flexibility index (Phi) is 5.77. The van der Waals surface area contributed by atoms with Crippen LogP contribution in [0.4, 0.5) is 5.69 Å². The van der Waals surface area contributed by atoms with Crippen LogP contribution in [-0.2, 0) is 22.4 Å². The van der Waals surface area contributed by atoms with Crippen LogP contribution >= 0.6 is 11.3 Å². The van der Waals surface area contributed by atoms with E-state index in [1.807, 2.05) is 30.3 Å². The topological polar surface area (TPSA) is 55.4 Å². The van der Waals surface area contributed by atoms with E-state index in [0.717, 1.165) is 12.8 Å². The first kappa shape index (κ1) is 18.6. The number of thiophene rings is 1. The van der Waals surface area contributed by atoms with Crippen LogP contribution in [0.5, 0.6) is 0 Å². The number of hydrogen-bond donors (Lipinski definition) is 1. The van der Waals surface area contributed by atoms with Crippen molar-refractivity contribution in [3.63, 3.8) is 0 Å². The number of hydrogen-bond acceptors (Lipinski definition) is 4. The summed E-state index contributed by atoms with van der Waals surface area (Å²) < 4.78 is 5.19. The fraction of sp³-hybridized carbons (Fsp3) is 0.429. The Hall–Kier alpha value is -2.14. The number of amides is 1. The molecule has 2 aromatic rings. The number of esters is 1. The fourth-order valence-electron chi connectivity index (χ4n) is 3.16. The predicted molar refractivity (Wildman–Crippen MR) is 105 cm³/mol. The Morgan fingerprint density at radius 2 is 2.00 bits per heavy atom. The highest BCUT2D eigenvalue weighted by atomic mass is 32.1. The molecule has 0 saturated heterocycles. The minimum absolute atomic E-state index is 0.274. The highest BCUT2D eigenvalue weighted by Gasteiger charge is 2.21. The van der Waals surface area contributed by atoms with Crippen molar-refractivity contribution in [3.8, 4) is 0 Å². The summed E-state index contributed by atoms with van der Waals surface area (Å²) in [7, 11) is 0. The highest BCUT2D eigenvalue weighted by Crippen LogP contribution is 2.32. The minimum Gasteiger partial charge on any atom is -0.451 e. The van der Waals surface area contributed by atoms with Crippen LogP contribution in [0, 0.1) is 5.92 Å². The standard InChI is InChI=1S/C21H25NO3S/c1-13(2)15-5-7-17(8-6-15)22-20(23)12-25-21(24)19-11-16-10-14(3)4-9-18(16)26-19/h5-8,11,13-14H,4,9-10,12H2,1-3H3,(H,22,23)/t14-/m1/s1. The lowest BCUT2D eigenvalue weighted by Crippen LogP contribution is -2.20. The molecule has 1 N–H and O–H groups in total. The van der Waals surface area contributed by atoms with E-state index in [1.54, 1.807) is 0 Å². The van der Waals surface area contributed by atoms with Crippen LogP contribution in [0.15, 0.2) is 30.3 Å². The number of nitrogens with one attached hydrogen (secondary N) is 1. The van der Waals surface area contributed by atoms with Crippen LogP contribution in [-0.4, -0.2) is 18.5 Å². The van der Waals surface area contributed by atoms with Crippen LogP contribution < -0.4 is 5.32 Å². The normalized spacial score (nSPS) is 16.2. The van der Waals surface area contributed by atoms with Gasteiger partial charge in [-0.3, -0.25) is 4.79 Å². The maximum atomic E-state index is 12.2. The molecule has 1 atom stereocenters. The number of anilines is 1. The third-order valence-corrected chi connectivity index (χ3v) is 5.94. The molecule has 0 unspecified atom stereocenters. The first-order valence-corrected chi connectivity index (χ1v) is 9.92. The molecule has 1 amide bonds. The summed E-state index contributed by atoms with van der Waals surface area (Å²) >= 11 is 1.50. The summed E-state index contributed by atoms with van der Waals surface area (Å²) in [5, 5.41) is 2.76. The number of fused-ring (bicyclic) bond motifs is 1. The summed E-state index contributed by atoms with van der Waals surface area (Å²) in [4.78, 5) is 26.1. The van der Waals surface area contributed by atoms with Gasteiger partial charge in [-0.15, -0.1) is 11.3 Å². The zero-order valence-electron chi connectivity index (χ0n) is 15.5. The molecular weight excluding hydrogens is 346 g/mol. The Morgan fingerprint density at radius 1 is 1.27 bits per heavy atom. The van der Waals surface area contributed by atoms with E-state index in [2.05, 4.69) is 26.1 Å². The molecule has 5 heteroatoms. The molecule has 0 radical (unpaired) electrons. The van der Waals surface area contributed by atoms with Gasteiger partial charge in [0, 0.05) is 10.6 Å². The summed E-state index contributed by atoms with van der Waals surface area (Å²) in [6.45, 7) is 6.20. The Bertz CT molecular complexity index is 792. The fourth-order valence-corrected chi connectivity index (χ4v) is 4.26. The Labute approximate surface area is 158 Å². The van der Waals surface area contributed by atoms with Crippen molar-refractivity contribution in [1.29, 1.82) is 0 Å². The average Bonchev–Trinajstić information content (AvgIpc) is 3.03. The van der Waals surface area contributed by atoms with Crippen molar-refractivity contribution < 1.29 is 14.3 Å². The smallest absolute Gasteiger partial charge is 0.348 e. The van der Waals surface area contributed by atoms with Gasteiger partial charge in [-0.2, -0.15) is 0 Å². The molecule has 0 bridgehead atoms. The minimum atomic E-state index is -0.414. The van der Waals surface area contributed by atoms with Crippen molar-refractivity contribution in [3.05, 3.63) is 51.2 Å². The monoisotopic (exact) mass is 371 g/mol. The van der Waals surface area contributed by atoms with Crippen molar-refractivity contribution >= 4 is 28.9 Å². The van der Waals surface area contributed by atoms with E-state index in [1.165, 1.54) is 33.8 Å². The summed E-state index contributed by atoms with van der Waals surface area (Å²) in [5.74, 6) is 0.363. The van der Waals surface area contributed by atoms with Gasteiger partial charge in [0.05, 0.1) is 0 Å². The number of aryl methyl sites for hydroxylation is 1. The number of ether oxygens (including phenoxy) is 1. The van der Waals surface area contributed by atoms with Crippen LogP contribution in [0.1, 0.15) is 58.8 Å². The van der Waals surface area contributed by atoms with Gasteiger partial charge in [0.15, 0.2) is 6.61 Å². The van der Waals surface area contributed by atoms with Crippen LogP contribution in [0.25, 0.3) is 0 Å². The first-order valence-electron chi connectivity index (χ1n) is 9.11. The largest absolute Gasteiger partial charge is 0.451 e. The molecule has 1 aromatic carbocycles. The zero-order chi connectivity index (χ0) is 18.7. The highest BCUT2D eigenvalue weighted by molar-refractivity contribution is 7.14. The molecule has 138 valence electrons. The van der Waals surface area contributed by atoms with E-state index >= 15 is 0 Å². The molecular formula is C21H25NO3S. The molecule has 3 rings (SSSR count). The number of carbonyl (C=O) groups is 2. The van der Waals surface area contributed by atoms with Gasteiger partial charge in [0.1, 0.15) is 4.88 Å². The number of rotatable bonds is 5. The van der Waals surface area contributed by atoms with Gasteiger partial charge in [-0.05, 0) is 60.4 Å². The molecule has 0 fully saturated rings. The molecule has 0 aliphatic heterocycles. The Balaban J connectivity index is 1.52. The second-order valence-electron chi connectivity index (χ2n) is 7.31. The maximum Gasteiger partial charge on any atom is 0.348 e. The number of benzene rings is 1. The van der Waals surface area contributed by atoms with Crippen molar-refractivity contribution in [2.75, 3.05) is 11.9 Å². The van der Waals surface area contributed by atoms with E-state index in [0.29, 0.717) is 22.4 Å². The lowest BCUT2D eigenvalue weighted by Gasteiger charge is -2.16. The summed E-state index contributed by atoms with van der Waals surface area (Å²) in [6, 6.07) is 9.64. The predicted octanol–water partition coefficient (Wildman–Crippen LogP) is 4.79. The summed E-state index contributed by atoms with van der Waals surface area (Å²) in [5.41, 5.74) is 3.18. The van der Waals surface area contributed by atoms with Gasteiger partial charge < -0.3 is 10.1 Å². The lowest BCUT2D eigenvalue weighted by atomic mass is 9.90. The number of carbonyl (C=O) groups excluding carboxylic acids is 2. The molecule has 0 spiro atoms. The van der Waals surface area contributed by atoms with Crippen LogP contribution in [0.3, 0.4) is 0 Å². The quantitative estimate of drug-likeness (QED) is 0.769. The van der Waals surface area contributed by atoms with E-state index in [-0.39, 0.29) is 12.5 Å². The van der Waals surface area contributed by atoms with Gasteiger partial charge in [-0.25, -0.2) is 4.79 Å². The molecule has 1 aliphatic rings. The summed E-state index contributed by atoms with van der Waals surface area (Å²) in [6.07, 6.45) is 3.22. The van der Waals surface area contributed by atoms with Gasteiger partial charge in [-0.1, -0.05) is 32.9 Å². The molecule has 1 heterocycles. The average molecular weight is 372 g/mol. The molecule has 4 nitrogen and oxygen atoms in total. The second kappa shape index (κ2) is 8.04. The van der Waals surface area contributed by atoms with Crippen molar-refractivity contribution in [2.45, 2.75) is 46.0 Å². The SMILES string of the molecule is CC(C)c1ccc(NC(=O)COC(=O)c2cc3c(s2)CC[C@@H](C)C3)cc1. The third-order valence-electron chi connectivity index (χ3n) is 4.73. The van der Waals surface area contributed by atoms with E-state index < -0.39 is 5.97 Å². The lowest BCUT2D eigenvalue weighted by molar-refractivity contribution is -0.119. The van der Waals surface area contributed by atoms with E-state index in [9.17, 15) is 9.59 Å².